The van der Waals surface area contributed by atoms with Gasteiger partial charge in [-0.25, -0.2) is 14.2 Å². The van der Waals surface area contributed by atoms with E-state index in [1.807, 2.05) is 0 Å². The molecule has 0 atom stereocenters. The SMILES string of the molecule is O=C(O)c1ccc(SCc2ccc(Cl)cc2F)nc1. The van der Waals surface area contributed by atoms with E-state index >= 15 is 0 Å². The second-order valence-corrected chi connectivity index (χ2v) is 5.15. The van der Waals surface area contributed by atoms with Crippen molar-refractivity contribution in [2.24, 2.45) is 0 Å². The molecule has 1 N–H and O–H groups in total. The molecule has 0 saturated heterocycles. The first-order valence-corrected chi connectivity index (χ1v) is 6.68. The Morgan fingerprint density at radius 2 is 2.16 bits per heavy atom. The Labute approximate surface area is 118 Å². The number of carboxylic acids is 1. The average molecular weight is 298 g/mol. The molecule has 1 heterocycles. The highest BCUT2D eigenvalue weighted by Crippen LogP contribution is 2.24. The molecule has 0 spiro atoms. The monoisotopic (exact) mass is 297 g/mol. The van der Waals surface area contributed by atoms with Gasteiger partial charge in [-0.3, -0.25) is 0 Å². The maximum atomic E-state index is 13.5. The summed E-state index contributed by atoms with van der Waals surface area (Å²) in [6, 6.07) is 7.58. The Bertz CT molecular complexity index is 604. The van der Waals surface area contributed by atoms with Crippen LogP contribution < -0.4 is 0 Å². The number of thioether (sulfide) groups is 1. The number of hydrogen-bond donors (Lipinski definition) is 1. The molecule has 98 valence electrons. The summed E-state index contributed by atoms with van der Waals surface area (Å²) in [5, 5.41) is 9.73. The third kappa shape index (κ3) is 3.68. The predicted molar refractivity (Wildman–Crippen MR) is 72.2 cm³/mol. The van der Waals surface area contributed by atoms with Crippen LogP contribution in [0.1, 0.15) is 15.9 Å². The molecule has 19 heavy (non-hydrogen) atoms. The summed E-state index contributed by atoms with van der Waals surface area (Å²) in [5.41, 5.74) is 0.653. The third-order valence-electron chi connectivity index (χ3n) is 2.37. The molecule has 2 aromatic rings. The number of nitrogens with zero attached hydrogens (tertiary/aromatic N) is 1. The van der Waals surface area contributed by atoms with Gasteiger partial charge in [-0.05, 0) is 29.8 Å². The molecule has 0 bridgehead atoms. The zero-order valence-corrected chi connectivity index (χ0v) is 11.2. The summed E-state index contributed by atoms with van der Waals surface area (Å²) in [5.74, 6) is -0.974. The molecule has 1 aromatic heterocycles. The normalized spacial score (nSPS) is 10.4. The van der Waals surface area contributed by atoms with Gasteiger partial charge in [0.25, 0.3) is 0 Å². The highest BCUT2D eigenvalue weighted by Gasteiger charge is 2.06. The van der Waals surface area contributed by atoms with Crippen LogP contribution in [0.3, 0.4) is 0 Å². The Morgan fingerprint density at radius 1 is 1.37 bits per heavy atom. The number of rotatable bonds is 4. The molecule has 0 aliphatic heterocycles. The van der Waals surface area contributed by atoms with Crippen molar-refractivity contribution in [1.82, 2.24) is 4.98 Å². The third-order valence-corrected chi connectivity index (χ3v) is 3.60. The fraction of sp³-hybridized carbons (Fsp3) is 0.0769. The van der Waals surface area contributed by atoms with E-state index in [0.717, 1.165) is 0 Å². The van der Waals surface area contributed by atoms with Crippen molar-refractivity contribution >= 4 is 29.3 Å². The molecular formula is C13H9ClFNO2S. The van der Waals surface area contributed by atoms with Crippen LogP contribution in [0.4, 0.5) is 4.39 Å². The second-order valence-electron chi connectivity index (χ2n) is 3.71. The molecule has 0 unspecified atom stereocenters. The number of halogens is 2. The molecule has 0 amide bonds. The first kappa shape index (κ1) is 13.8. The highest BCUT2D eigenvalue weighted by molar-refractivity contribution is 7.98. The van der Waals surface area contributed by atoms with E-state index in [1.165, 1.54) is 30.1 Å². The van der Waals surface area contributed by atoms with Crippen molar-refractivity contribution in [3.05, 3.63) is 58.5 Å². The molecular weight excluding hydrogens is 289 g/mol. The van der Waals surface area contributed by atoms with Crippen LogP contribution in [-0.4, -0.2) is 16.1 Å². The van der Waals surface area contributed by atoms with Gasteiger partial charge in [0, 0.05) is 17.0 Å². The number of carboxylic acid groups (broad SMARTS) is 1. The number of benzene rings is 1. The highest BCUT2D eigenvalue weighted by atomic mass is 35.5. The van der Waals surface area contributed by atoms with E-state index in [1.54, 1.807) is 18.2 Å². The second kappa shape index (κ2) is 6.04. The van der Waals surface area contributed by atoms with Gasteiger partial charge in [-0.15, -0.1) is 11.8 Å². The lowest BCUT2D eigenvalue weighted by atomic mass is 10.2. The number of pyridine rings is 1. The van der Waals surface area contributed by atoms with Gasteiger partial charge in [-0.1, -0.05) is 17.7 Å². The fourth-order valence-corrected chi connectivity index (χ4v) is 2.37. The molecule has 0 radical (unpaired) electrons. The quantitative estimate of drug-likeness (QED) is 0.871. The van der Waals surface area contributed by atoms with E-state index in [0.29, 0.717) is 21.4 Å². The van der Waals surface area contributed by atoms with Gasteiger partial charge < -0.3 is 5.11 Å². The van der Waals surface area contributed by atoms with Crippen LogP contribution >= 0.6 is 23.4 Å². The maximum Gasteiger partial charge on any atom is 0.337 e. The lowest BCUT2D eigenvalue weighted by Gasteiger charge is -2.03. The molecule has 3 nitrogen and oxygen atoms in total. The first-order chi connectivity index (χ1) is 9.06. The van der Waals surface area contributed by atoms with Gasteiger partial charge in [0.05, 0.1) is 10.6 Å². The molecule has 2 rings (SSSR count). The lowest BCUT2D eigenvalue weighted by Crippen LogP contribution is -1.96. The van der Waals surface area contributed by atoms with Gasteiger partial charge in [0.15, 0.2) is 0 Å². The van der Waals surface area contributed by atoms with Crippen LogP contribution in [0.5, 0.6) is 0 Å². The van der Waals surface area contributed by atoms with E-state index in [2.05, 4.69) is 4.98 Å². The van der Waals surface area contributed by atoms with Gasteiger partial charge in [0.1, 0.15) is 5.82 Å². The maximum absolute atomic E-state index is 13.5. The number of aromatic carboxylic acids is 1. The smallest absolute Gasteiger partial charge is 0.337 e. The minimum atomic E-state index is -1.02. The van der Waals surface area contributed by atoms with Crippen LogP contribution in [0, 0.1) is 5.82 Å². The van der Waals surface area contributed by atoms with E-state index in [4.69, 9.17) is 16.7 Å². The van der Waals surface area contributed by atoms with Crippen LogP contribution in [0.15, 0.2) is 41.6 Å². The fourth-order valence-electron chi connectivity index (χ4n) is 1.38. The van der Waals surface area contributed by atoms with Crippen LogP contribution in [-0.2, 0) is 5.75 Å². The number of aromatic nitrogens is 1. The van der Waals surface area contributed by atoms with Gasteiger partial charge in [-0.2, -0.15) is 0 Å². The first-order valence-electron chi connectivity index (χ1n) is 5.32. The van der Waals surface area contributed by atoms with Crippen molar-refractivity contribution < 1.29 is 14.3 Å². The Kier molecular flexibility index (Phi) is 4.39. The molecule has 0 fully saturated rings. The Morgan fingerprint density at radius 3 is 2.74 bits per heavy atom. The van der Waals surface area contributed by atoms with Gasteiger partial charge in [0.2, 0.25) is 0 Å². The van der Waals surface area contributed by atoms with Crippen LogP contribution in [0.2, 0.25) is 5.02 Å². The van der Waals surface area contributed by atoms with Crippen molar-refractivity contribution in [3.8, 4) is 0 Å². The van der Waals surface area contributed by atoms with Crippen molar-refractivity contribution in [2.45, 2.75) is 10.8 Å². The van der Waals surface area contributed by atoms with Gasteiger partial charge >= 0.3 is 5.97 Å². The van der Waals surface area contributed by atoms with Crippen LogP contribution in [0.25, 0.3) is 0 Å². The zero-order valence-electron chi connectivity index (χ0n) is 9.64. The summed E-state index contributed by atoms with van der Waals surface area (Å²) in [7, 11) is 0. The van der Waals surface area contributed by atoms with Crippen molar-refractivity contribution in [3.63, 3.8) is 0 Å². The molecule has 0 aliphatic rings. The minimum absolute atomic E-state index is 0.127. The topological polar surface area (TPSA) is 50.2 Å². The molecule has 6 heteroatoms. The Hall–Kier alpha value is -1.59. The summed E-state index contributed by atoms with van der Waals surface area (Å²) >= 11 is 6.99. The zero-order chi connectivity index (χ0) is 13.8. The molecule has 1 aromatic carbocycles. The summed E-state index contributed by atoms with van der Waals surface area (Å²) in [6.45, 7) is 0. The Balaban J connectivity index is 2.04. The summed E-state index contributed by atoms with van der Waals surface area (Å²) in [6.07, 6.45) is 1.28. The van der Waals surface area contributed by atoms with E-state index in [9.17, 15) is 9.18 Å². The largest absolute Gasteiger partial charge is 0.478 e. The van der Waals surface area contributed by atoms with E-state index in [-0.39, 0.29) is 11.4 Å². The van der Waals surface area contributed by atoms with Crippen molar-refractivity contribution in [1.29, 1.82) is 0 Å². The summed E-state index contributed by atoms with van der Waals surface area (Å²) < 4.78 is 13.5. The number of hydrogen-bond acceptors (Lipinski definition) is 3. The summed E-state index contributed by atoms with van der Waals surface area (Å²) in [4.78, 5) is 14.7. The molecule has 0 saturated carbocycles. The van der Waals surface area contributed by atoms with Crippen molar-refractivity contribution in [2.75, 3.05) is 0 Å². The number of carbonyl (C=O) groups is 1. The predicted octanol–water partition coefficient (Wildman–Crippen LogP) is 3.86. The van der Waals surface area contributed by atoms with E-state index < -0.39 is 5.97 Å². The average Bonchev–Trinajstić information content (AvgIpc) is 2.38. The molecule has 0 aliphatic carbocycles. The lowest BCUT2D eigenvalue weighted by molar-refractivity contribution is 0.0696. The minimum Gasteiger partial charge on any atom is -0.478 e. The standard InChI is InChI=1S/C13H9ClFNO2S/c14-10-3-1-9(11(15)5-10)7-19-12-4-2-8(6-16-12)13(17)18/h1-6H,7H2,(H,17,18).